The molecule has 0 spiro atoms. The normalized spacial score (nSPS) is 28.1. The van der Waals surface area contributed by atoms with Crippen molar-refractivity contribution >= 4 is 0 Å². The number of fused-ring (bicyclic) bond motifs is 2. The van der Waals surface area contributed by atoms with Crippen LogP contribution in [-0.4, -0.2) is 25.7 Å². The number of nitrogens with one attached hydrogen (secondary N) is 2. The molecule has 0 aliphatic heterocycles. The average molecular weight is 377 g/mol. The quantitative estimate of drug-likeness (QED) is 0.629. The fraction of sp³-hybridized carbons (Fsp3) is 0.538. The average Bonchev–Trinajstić information content (AvgIpc) is 2.72. The number of benzene rings is 2. The first-order valence-corrected chi connectivity index (χ1v) is 11.1. The third-order valence-corrected chi connectivity index (χ3v) is 7.68. The Morgan fingerprint density at radius 1 is 0.893 bits per heavy atom. The summed E-state index contributed by atoms with van der Waals surface area (Å²) in [4.78, 5) is 0. The molecule has 3 aliphatic carbocycles. The van der Waals surface area contributed by atoms with Gasteiger partial charge in [-0.15, -0.1) is 0 Å². The molecule has 0 saturated heterocycles. The Balaban J connectivity index is 1.30. The lowest BCUT2D eigenvalue weighted by Crippen LogP contribution is -2.62. The smallest absolute Gasteiger partial charge is 0.0214 e. The molecule has 0 amide bonds. The van der Waals surface area contributed by atoms with Gasteiger partial charge in [-0.05, 0) is 47.1 Å². The lowest BCUT2D eigenvalue weighted by molar-refractivity contribution is -0.110. The minimum atomic E-state index is 0.405. The van der Waals surface area contributed by atoms with Crippen LogP contribution in [0, 0.1) is 23.2 Å². The lowest BCUT2D eigenvalue weighted by Gasteiger charge is -2.62. The van der Waals surface area contributed by atoms with Crippen molar-refractivity contribution in [1.82, 2.24) is 10.6 Å². The maximum absolute atomic E-state index is 3.91. The van der Waals surface area contributed by atoms with Crippen LogP contribution >= 0.6 is 0 Å². The highest BCUT2D eigenvalue weighted by Gasteiger charge is 2.56. The van der Waals surface area contributed by atoms with E-state index in [9.17, 15) is 0 Å². The van der Waals surface area contributed by atoms with Gasteiger partial charge in [0.2, 0.25) is 0 Å². The van der Waals surface area contributed by atoms with Crippen LogP contribution < -0.4 is 10.6 Å². The van der Waals surface area contributed by atoms with E-state index in [2.05, 4.69) is 92.1 Å². The molecule has 0 heterocycles. The molecular weight excluding hydrogens is 340 g/mol. The summed E-state index contributed by atoms with van der Waals surface area (Å²) in [6.07, 6.45) is 2.84. The Hall–Kier alpha value is -1.64. The summed E-state index contributed by atoms with van der Waals surface area (Å²) in [5.74, 6) is 3.05. The molecule has 5 rings (SSSR count). The van der Waals surface area contributed by atoms with Gasteiger partial charge in [0.05, 0.1) is 0 Å². The molecule has 3 saturated carbocycles. The molecule has 2 heteroatoms. The Morgan fingerprint density at radius 3 is 2.07 bits per heavy atom. The van der Waals surface area contributed by atoms with Crippen LogP contribution in [0.3, 0.4) is 0 Å². The van der Waals surface area contributed by atoms with E-state index in [0.717, 1.165) is 37.4 Å². The van der Waals surface area contributed by atoms with Gasteiger partial charge in [0.25, 0.3) is 0 Å². The van der Waals surface area contributed by atoms with E-state index in [1.807, 2.05) is 0 Å². The molecule has 4 atom stereocenters. The van der Waals surface area contributed by atoms with Crippen molar-refractivity contribution in [1.29, 1.82) is 0 Å². The molecule has 2 nitrogen and oxygen atoms in total. The second-order valence-corrected chi connectivity index (χ2v) is 9.63. The first-order chi connectivity index (χ1) is 13.6. The zero-order valence-electron chi connectivity index (χ0n) is 17.7. The topological polar surface area (TPSA) is 24.1 Å². The summed E-state index contributed by atoms with van der Waals surface area (Å²) in [6.45, 7) is 10.5. The van der Waals surface area contributed by atoms with Crippen LogP contribution in [0.15, 0.2) is 60.7 Å². The van der Waals surface area contributed by atoms with Crippen molar-refractivity contribution in [3.63, 3.8) is 0 Å². The van der Waals surface area contributed by atoms with Gasteiger partial charge in [-0.2, -0.15) is 0 Å². The van der Waals surface area contributed by atoms with Crippen LogP contribution in [0.25, 0.3) is 0 Å². The van der Waals surface area contributed by atoms with Crippen LogP contribution in [0.1, 0.15) is 50.7 Å². The van der Waals surface area contributed by atoms with Crippen molar-refractivity contribution in [3.05, 3.63) is 71.8 Å². The SMILES string of the molecule is C[C@H]1C[C@H]2C[C@@H]([C@@H]1NCCNCC(c1ccccc1)c1ccccc1)C2(C)C. The molecule has 2 bridgehead atoms. The summed E-state index contributed by atoms with van der Waals surface area (Å²) in [5.41, 5.74) is 3.32. The Bertz CT molecular complexity index is 700. The van der Waals surface area contributed by atoms with Gasteiger partial charge < -0.3 is 10.6 Å². The van der Waals surface area contributed by atoms with E-state index in [0.29, 0.717) is 17.4 Å². The van der Waals surface area contributed by atoms with Gasteiger partial charge in [0, 0.05) is 31.6 Å². The molecule has 28 heavy (non-hydrogen) atoms. The summed E-state index contributed by atoms with van der Waals surface area (Å²) in [5, 5.41) is 7.63. The summed E-state index contributed by atoms with van der Waals surface area (Å²) < 4.78 is 0. The van der Waals surface area contributed by atoms with E-state index < -0.39 is 0 Å². The molecule has 2 N–H and O–H groups in total. The van der Waals surface area contributed by atoms with Crippen LogP contribution in [0.5, 0.6) is 0 Å². The highest BCUT2D eigenvalue weighted by atomic mass is 15.0. The van der Waals surface area contributed by atoms with Crippen molar-refractivity contribution in [2.75, 3.05) is 19.6 Å². The van der Waals surface area contributed by atoms with Crippen molar-refractivity contribution in [2.24, 2.45) is 23.2 Å². The third kappa shape index (κ3) is 3.90. The predicted molar refractivity (Wildman–Crippen MR) is 119 cm³/mol. The van der Waals surface area contributed by atoms with E-state index in [1.165, 1.54) is 24.0 Å². The molecular formula is C26H36N2. The van der Waals surface area contributed by atoms with E-state index >= 15 is 0 Å². The standard InChI is InChI=1S/C26H36N2/c1-19-16-22-17-24(26(22,2)3)25(19)28-15-14-27-18-23(20-10-6-4-7-11-20)21-12-8-5-9-13-21/h4-13,19,22-25,27-28H,14-18H2,1-3H3/t19-,22-,24-,25+/m0/s1. The summed E-state index contributed by atoms with van der Waals surface area (Å²) >= 11 is 0. The molecule has 0 radical (unpaired) electrons. The molecule has 0 unspecified atom stereocenters. The highest BCUT2D eigenvalue weighted by molar-refractivity contribution is 5.32. The monoisotopic (exact) mass is 376 g/mol. The van der Waals surface area contributed by atoms with E-state index in [-0.39, 0.29) is 0 Å². The van der Waals surface area contributed by atoms with E-state index in [4.69, 9.17) is 0 Å². The van der Waals surface area contributed by atoms with Crippen LogP contribution in [-0.2, 0) is 0 Å². The summed E-state index contributed by atoms with van der Waals surface area (Å²) in [7, 11) is 0. The maximum atomic E-state index is 3.91. The van der Waals surface area contributed by atoms with Gasteiger partial charge >= 0.3 is 0 Å². The molecule has 2 aromatic carbocycles. The number of rotatable bonds is 8. The van der Waals surface area contributed by atoms with Gasteiger partial charge in [-0.25, -0.2) is 0 Å². The zero-order valence-corrected chi connectivity index (χ0v) is 17.7. The van der Waals surface area contributed by atoms with Crippen LogP contribution in [0.2, 0.25) is 0 Å². The van der Waals surface area contributed by atoms with Gasteiger partial charge in [0.1, 0.15) is 0 Å². The molecule has 3 fully saturated rings. The van der Waals surface area contributed by atoms with Crippen molar-refractivity contribution in [3.8, 4) is 0 Å². The molecule has 2 aromatic rings. The fourth-order valence-electron chi connectivity index (χ4n) is 5.77. The highest BCUT2D eigenvalue weighted by Crippen LogP contribution is 2.60. The molecule has 150 valence electrons. The first kappa shape index (κ1) is 19.7. The molecule has 0 aromatic heterocycles. The molecule has 3 aliphatic rings. The largest absolute Gasteiger partial charge is 0.315 e. The number of hydrogen-bond donors (Lipinski definition) is 2. The first-order valence-electron chi connectivity index (χ1n) is 11.1. The Kier molecular flexibility index (Phi) is 5.89. The minimum absolute atomic E-state index is 0.405. The minimum Gasteiger partial charge on any atom is -0.315 e. The van der Waals surface area contributed by atoms with Gasteiger partial charge in [-0.3, -0.25) is 0 Å². The third-order valence-electron chi connectivity index (χ3n) is 7.68. The maximum Gasteiger partial charge on any atom is 0.0214 e. The Morgan fingerprint density at radius 2 is 1.50 bits per heavy atom. The van der Waals surface area contributed by atoms with Crippen molar-refractivity contribution in [2.45, 2.75) is 45.6 Å². The lowest BCUT2D eigenvalue weighted by atomic mass is 9.45. The van der Waals surface area contributed by atoms with Gasteiger partial charge in [-0.1, -0.05) is 81.4 Å². The predicted octanol–water partition coefficient (Wildman–Crippen LogP) is 5.07. The summed E-state index contributed by atoms with van der Waals surface area (Å²) in [6, 6.07) is 22.5. The van der Waals surface area contributed by atoms with Gasteiger partial charge in [0.15, 0.2) is 0 Å². The zero-order chi connectivity index (χ0) is 19.6. The fourth-order valence-corrected chi connectivity index (χ4v) is 5.77. The van der Waals surface area contributed by atoms with Crippen molar-refractivity contribution < 1.29 is 0 Å². The Labute approximate surface area is 171 Å². The second kappa shape index (κ2) is 8.39. The second-order valence-electron chi connectivity index (χ2n) is 9.63. The number of hydrogen-bond acceptors (Lipinski definition) is 2. The van der Waals surface area contributed by atoms with Crippen LogP contribution in [0.4, 0.5) is 0 Å². The van der Waals surface area contributed by atoms with E-state index in [1.54, 1.807) is 0 Å².